The predicted octanol–water partition coefficient (Wildman–Crippen LogP) is 3.48. The molecule has 0 aliphatic carbocycles. The van der Waals surface area contributed by atoms with Gasteiger partial charge in [0.25, 0.3) is 0 Å². The van der Waals surface area contributed by atoms with Crippen LogP contribution in [0.5, 0.6) is 0 Å². The first-order valence-corrected chi connectivity index (χ1v) is 7.72. The van der Waals surface area contributed by atoms with Gasteiger partial charge in [-0.3, -0.25) is 4.79 Å². The third-order valence-electron chi connectivity index (χ3n) is 3.70. The molecule has 0 unspecified atom stereocenters. The number of aryl methyl sites for hydroxylation is 1. The Morgan fingerprint density at radius 2 is 2.16 bits per heavy atom. The van der Waals surface area contributed by atoms with E-state index in [1.165, 1.54) is 12.8 Å². The van der Waals surface area contributed by atoms with E-state index in [-0.39, 0.29) is 5.91 Å². The average Bonchev–Trinajstić information content (AvgIpc) is 2.43. The van der Waals surface area contributed by atoms with E-state index in [9.17, 15) is 4.79 Å². The third kappa shape index (κ3) is 4.32. The van der Waals surface area contributed by atoms with Gasteiger partial charge in [0.2, 0.25) is 5.91 Å². The summed E-state index contributed by atoms with van der Waals surface area (Å²) in [4.78, 5) is 12.0. The van der Waals surface area contributed by atoms with Crippen LogP contribution in [0.3, 0.4) is 0 Å². The zero-order valence-electron chi connectivity index (χ0n) is 11.3. The Labute approximate surface area is 123 Å². The van der Waals surface area contributed by atoms with Crippen molar-refractivity contribution in [1.82, 2.24) is 5.32 Å². The van der Waals surface area contributed by atoms with Gasteiger partial charge in [-0.2, -0.15) is 0 Å². The maximum atomic E-state index is 12.0. The second kappa shape index (κ2) is 7.06. The second-order valence-corrected chi connectivity index (χ2v) is 6.01. The van der Waals surface area contributed by atoms with Crippen LogP contribution in [0.25, 0.3) is 0 Å². The molecule has 0 atom stereocenters. The van der Waals surface area contributed by atoms with Crippen LogP contribution >= 0.6 is 15.9 Å². The summed E-state index contributed by atoms with van der Waals surface area (Å²) in [7, 11) is 0. The van der Waals surface area contributed by atoms with Crippen LogP contribution in [0.15, 0.2) is 22.7 Å². The fourth-order valence-electron chi connectivity index (χ4n) is 2.46. The van der Waals surface area contributed by atoms with Crippen molar-refractivity contribution < 1.29 is 4.79 Å². The molecule has 2 rings (SSSR count). The summed E-state index contributed by atoms with van der Waals surface area (Å²) >= 11 is 3.51. The van der Waals surface area contributed by atoms with Crippen molar-refractivity contribution in [3.8, 4) is 0 Å². The molecule has 0 spiro atoms. The van der Waals surface area contributed by atoms with E-state index in [2.05, 4.69) is 26.6 Å². The number of hydrogen-bond acceptors (Lipinski definition) is 2. The van der Waals surface area contributed by atoms with Crippen molar-refractivity contribution in [3.05, 3.63) is 28.2 Å². The van der Waals surface area contributed by atoms with E-state index in [0.29, 0.717) is 12.3 Å². The molecule has 1 fully saturated rings. The van der Waals surface area contributed by atoms with E-state index in [1.807, 2.05) is 25.1 Å². The Balaban J connectivity index is 1.82. The molecule has 0 saturated carbocycles. The summed E-state index contributed by atoms with van der Waals surface area (Å²) in [5, 5.41) is 6.34. The van der Waals surface area contributed by atoms with Crippen molar-refractivity contribution in [2.45, 2.75) is 32.6 Å². The normalized spacial score (nSPS) is 16.3. The van der Waals surface area contributed by atoms with Crippen LogP contribution in [-0.4, -0.2) is 19.0 Å². The molecule has 1 heterocycles. The highest BCUT2D eigenvalue weighted by atomic mass is 79.9. The Hall–Kier alpha value is -0.870. The summed E-state index contributed by atoms with van der Waals surface area (Å²) in [5.74, 6) is 0.817. The first-order valence-electron chi connectivity index (χ1n) is 6.92. The number of rotatable bonds is 4. The lowest BCUT2D eigenvalue weighted by Crippen LogP contribution is -2.28. The molecular weight excluding hydrogens is 304 g/mol. The van der Waals surface area contributed by atoms with Gasteiger partial charge in [-0.05, 0) is 72.8 Å². The van der Waals surface area contributed by atoms with Gasteiger partial charge >= 0.3 is 0 Å². The molecule has 1 aliphatic rings. The zero-order valence-corrected chi connectivity index (χ0v) is 12.9. The van der Waals surface area contributed by atoms with Crippen molar-refractivity contribution in [3.63, 3.8) is 0 Å². The van der Waals surface area contributed by atoms with Crippen molar-refractivity contribution >= 4 is 27.5 Å². The highest BCUT2D eigenvalue weighted by Crippen LogP contribution is 2.26. The Morgan fingerprint density at radius 3 is 2.89 bits per heavy atom. The highest BCUT2D eigenvalue weighted by Gasteiger charge is 2.15. The van der Waals surface area contributed by atoms with Gasteiger partial charge in [0.05, 0.1) is 5.69 Å². The first kappa shape index (κ1) is 14.5. The van der Waals surface area contributed by atoms with Gasteiger partial charge in [-0.15, -0.1) is 0 Å². The lowest BCUT2D eigenvalue weighted by atomic mass is 9.93. The number of carbonyl (C=O) groups is 1. The molecule has 2 N–H and O–H groups in total. The zero-order chi connectivity index (χ0) is 13.7. The fraction of sp³-hybridized carbons (Fsp3) is 0.533. The smallest absolute Gasteiger partial charge is 0.224 e. The molecule has 1 saturated heterocycles. The molecule has 3 nitrogen and oxygen atoms in total. The largest absolute Gasteiger partial charge is 0.325 e. The van der Waals surface area contributed by atoms with E-state index >= 15 is 0 Å². The first-order chi connectivity index (χ1) is 9.16. The summed E-state index contributed by atoms with van der Waals surface area (Å²) in [6.45, 7) is 4.21. The van der Waals surface area contributed by atoms with Crippen molar-refractivity contribution in [1.29, 1.82) is 0 Å². The van der Waals surface area contributed by atoms with Gasteiger partial charge < -0.3 is 10.6 Å². The van der Waals surface area contributed by atoms with Crippen LogP contribution in [0.2, 0.25) is 0 Å². The Bertz CT molecular complexity index is 442. The van der Waals surface area contributed by atoms with Gasteiger partial charge in [0, 0.05) is 10.9 Å². The van der Waals surface area contributed by atoms with E-state index in [1.54, 1.807) is 0 Å². The monoisotopic (exact) mass is 324 g/mol. The standard InChI is InChI=1S/C15H21BrN2O/c1-11-3-2-4-13(15(11)16)18-14(19)6-5-12-7-9-17-10-8-12/h2-4,12,17H,5-10H2,1H3,(H,18,19). The minimum Gasteiger partial charge on any atom is -0.325 e. The second-order valence-electron chi connectivity index (χ2n) is 5.22. The van der Waals surface area contributed by atoms with Crippen LogP contribution in [0.1, 0.15) is 31.2 Å². The number of halogens is 1. The fourth-order valence-corrected chi connectivity index (χ4v) is 2.83. The van der Waals surface area contributed by atoms with E-state index in [4.69, 9.17) is 0 Å². The summed E-state index contributed by atoms with van der Waals surface area (Å²) in [6, 6.07) is 5.91. The topological polar surface area (TPSA) is 41.1 Å². The summed E-state index contributed by atoms with van der Waals surface area (Å²) in [6.07, 6.45) is 4.00. The molecule has 0 radical (unpaired) electrons. The molecule has 1 aromatic rings. The van der Waals surface area contributed by atoms with Crippen LogP contribution < -0.4 is 10.6 Å². The number of hydrogen-bond donors (Lipinski definition) is 2. The van der Waals surface area contributed by atoms with Crippen LogP contribution in [0, 0.1) is 12.8 Å². The number of anilines is 1. The van der Waals surface area contributed by atoms with E-state index in [0.717, 1.165) is 35.2 Å². The number of carbonyl (C=O) groups excluding carboxylic acids is 1. The van der Waals surface area contributed by atoms with Crippen LogP contribution in [-0.2, 0) is 4.79 Å². The molecule has 104 valence electrons. The lowest BCUT2D eigenvalue weighted by Gasteiger charge is -2.22. The van der Waals surface area contributed by atoms with Crippen LogP contribution in [0.4, 0.5) is 5.69 Å². The Kier molecular flexibility index (Phi) is 5.40. The Morgan fingerprint density at radius 1 is 1.42 bits per heavy atom. The minimum atomic E-state index is 0.116. The molecule has 0 aromatic heterocycles. The maximum absolute atomic E-state index is 12.0. The SMILES string of the molecule is Cc1cccc(NC(=O)CCC2CCNCC2)c1Br. The molecule has 1 amide bonds. The average molecular weight is 325 g/mol. The number of benzene rings is 1. The highest BCUT2D eigenvalue weighted by molar-refractivity contribution is 9.10. The molecule has 19 heavy (non-hydrogen) atoms. The van der Waals surface area contributed by atoms with Gasteiger partial charge in [0.1, 0.15) is 0 Å². The van der Waals surface area contributed by atoms with Gasteiger partial charge in [-0.1, -0.05) is 12.1 Å². The van der Waals surface area contributed by atoms with Gasteiger partial charge in [-0.25, -0.2) is 0 Å². The number of piperidine rings is 1. The molecule has 4 heteroatoms. The van der Waals surface area contributed by atoms with Crippen molar-refractivity contribution in [2.24, 2.45) is 5.92 Å². The summed E-state index contributed by atoms with van der Waals surface area (Å²) < 4.78 is 0.977. The maximum Gasteiger partial charge on any atom is 0.224 e. The summed E-state index contributed by atoms with van der Waals surface area (Å²) in [5.41, 5.74) is 2.01. The molecule has 1 aliphatic heterocycles. The number of amides is 1. The molecule has 0 bridgehead atoms. The lowest BCUT2D eigenvalue weighted by molar-refractivity contribution is -0.116. The van der Waals surface area contributed by atoms with Gasteiger partial charge in [0.15, 0.2) is 0 Å². The molecule has 1 aromatic carbocycles. The predicted molar refractivity (Wildman–Crippen MR) is 82.3 cm³/mol. The third-order valence-corrected chi connectivity index (χ3v) is 4.76. The minimum absolute atomic E-state index is 0.116. The number of nitrogens with one attached hydrogen (secondary N) is 2. The van der Waals surface area contributed by atoms with E-state index < -0.39 is 0 Å². The quantitative estimate of drug-likeness (QED) is 0.890. The van der Waals surface area contributed by atoms with Crippen molar-refractivity contribution in [2.75, 3.05) is 18.4 Å². The molecular formula is C15H21BrN2O.